The van der Waals surface area contributed by atoms with E-state index in [0.717, 1.165) is 31.5 Å². The van der Waals surface area contributed by atoms with Gasteiger partial charge in [-0.3, -0.25) is 9.78 Å². The number of hydrogen-bond acceptors (Lipinski definition) is 3. The molecule has 1 spiro atoms. The molecular weight excluding hydrogens is 283 g/mol. The van der Waals surface area contributed by atoms with Crippen molar-refractivity contribution < 1.29 is 18.0 Å². The molecule has 0 radical (unpaired) electrons. The zero-order valence-electron chi connectivity index (χ0n) is 11.4. The van der Waals surface area contributed by atoms with Crippen LogP contribution in [0.25, 0.3) is 0 Å². The molecule has 3 rings (SSSR count). The van der Waals surface area contributed by atoms with Crippen molar-refractivity contribution in [2.24, 2.45) is 5.41 Å². The van der Waals surface area contributed by atoms with E-state index < -0.39 is 17.2 Å². The van der Waals surface area contributed by atoms with Crippen LogP contribution in [0.2, 0.25) is 0 Å². The molecule has 0 atom stereocenters. The van der Waals surface area contributed by atoms with Gasteiger partial charge < -0.3 is 10.2 Å². The number of nitrogens with zero attached hydrogens (tertiary/aromatic N) is 2. The minimum atomic E-state index is -4.48. The molecule has 2 aliphatic heterocycles. The largest absolute Gasteiger partial charge is 0.418 e. The summed E-state index contributed by atoms with van der Waals surface area (Å²) < 4.78 is 39.3. The molecule has 0 bridgehead atoms. The Morgan fingerprint density at radius 3 is 2.62 bits per heavy atom. The minimum absolute atomic E-state index is 0.120. The van der Waals surface area contributed by atoms with Crippen LogP contribution in [-0.2, 0) is 11.0 Å². The highest BCUT2D eigenvalue weighted by molar-refractivity contribution is 6.00. The summed E-state index contributed by atoms with van der Waals surface area (Å²) in [6, 6.07) is 0.927. The maximum atomic E-state index is 13.1. The second kappa shape index (κ2) is 4.98. The second-order valence-corrected chi connectivity index (χ2v) is 5.63. The van der Waals surface area contributed by atoms with Crippen molar-refractivity contribution in [1.82, 2.24) is 10.3 Å². The Balaban J connectivity index is 1.94. The Hall–Kier alpha value is -1.63. The van der Waals surface area contributed by atoms with Crippen LogP contribution >= 0.6 is 0 Å². The van der Waals surface area contributed by atoms with Gasteiger partial charge in [0, 0.05) is 12.7 Å². The number of hydrogen-bond donors (Lipinski definition) is 1. The Morgan fingerprint density at radius 2 is 1.95 bits per heavy atom. The predicted molar refractivity (Wildman–Crippen MR) is 70.7 cm³/mol. The third-order valence-electron chi connectivity index (χ3n) is 4.47. The van der Waals surface area contributed by atoms with Gasteiger partial charge in [0.2, 0.25) is 5.91 Å². The van der Waals surface area contributed by atoms with E-state index in [-0.39, 0.29) is 11.6 Å². The summed E-state index contributed by atoms with van der Waals surface area (Å²) in [5.41, 5.74) is -1.41. The fraction of sp³-hybridized carbons (Fsp3) is 0.571. The predicted octanol–water partition coefficient (Wildman–Crippen LogP) is 2.21. The molecule has 1 aromatic rings. The van der Waals surface area contributed by atoms with Gasteiger partial charge in [-0.05, 0) is 38.4 Å². The Morgan fingerprint density at radius 1 is 1.24 bits per heavy atom. The highest BCUT2D eigenvalue weighted by Gasteiger charge is 2.49. The van der Waals surface area contributed by atoms with Crippen LogP contribution in [0.5, 0.6) is 0 Å². The van der Waals surface area contributed by atoms with Gasteiger partial charge >= 0.3 is 6.18 Å². The first-order chi connectivity index (χ1) is 9.94. The monoisotopic (exact) mass is 299 g/mol. The van der Waals surface area contributed by atoms with Crippen LogP contribution in [0.15, 0.2) is 18.5 Å². The van der Waals surface area contributed by atoms with Crippen molar-refractivity contribution in [2.45, 2.75) is 25.4 Å². The normalized spacial score (nSPS) is 22.0. The van der Waals surface area contributed by atoms with Crippen LogP contribution in [0.4, 0.5) is 18.9 Å². The van der Waals surface area contributed by atoms with Crippen molar-refractivity contribution in [3.8, 4) is 0 Å². The lowest BCUT2D eigenvalue weighted by Crippen LogP contribution is -2.43. The molecule has 1 aromatic heterocycles. The summed E-state index contributed by atoms with van der Waals surface area (Å²) in [6.07, 6.45) is -0.260. The topological polar surface area (TPSA) is 45.2 Å². The third-order valence-corrected chi connectivity index (χ3v) is 4.47. The average molecular weight is 299 g/mol. The molecule has 3 heterocycles. The molecular formula is C14H16F3N3O. The quantitative estimate of drug-likeness (QED) is 0.865. The number of amides is 1. The smallest absolute Gasteiger partial charge is 0.317 e. The fourth-order valence-corrected chi connectivity index (χ4v) is 3.26. The number of carbonyl (C=O) groups excluding carboxylic acids is 1. The van der Waals surface area contributed by atoms with E-state index in [2.05, 4.69) is 10.3 Å². The lowest BCUT2D eigenvalue weighted by atomic mass is 9.77. The van der Waals surface area contributed by atoms with Crippen LogP contribution in [0.1, 0.15) is 24.8 Å². The van der Waals surface area contributed by atoms with Crippen LogP contribution in [0.3, 0.4) is 0 Å². The van der Waals surface area contributed by atoms with E-state index in [1.54, 1.807) is 0 Å². The van der Waals surface area contributed by atoms with E-state index in [1.807, 2.05) is 0 Å². The number of halogens is 3. The van der Waals surface area contributed by atoms with Gasteiger partial charge in [-0.2, -0.15) is 13.2 Å². The van der Waals surface area contributed by atoms with E-state index >= 15 is 0 Å². The third kappa shape index (κ3) is 2.39. The summed E-state index contributed by atoms with van der Waals surface area (Å²) in [7, 11) is 0. The molecule has 2 fully saturated rings. The van der Waals surface area contributed by atoms with Crippen molar-refractivity contribution in [2.75, 3.05) is 24.5 Å². The SMILES string of the molecule is O=C1N(c2cnccc2C(F)(F)F)CCC12CCNCC2. The average Bonchev–Trinajstić information content (AvgIpc) is 2.76. The van der Waals surface area contributed by atoms with Gasteiger partial charge in [0.25, 0.3) is 0 Å². The molecule has 1 N–H and O–H groups in total. The second-order valence-electron chi connectivity index (χ2n) is 5.63. The molecule has 2 aliphatic rings. The van der Waals surface area contributed by atoms with Crippen molar-refractivity contribution in [3.63, 3.8) is 0 Å². The van der Waals surface area contributed by atoms with E-state index in [0.29, 0.717) is 25.8 Å². The molecule has 21 heavy (non-hydrogen) atoms. The fourth-order valence-electron chi connectivity index (χ4n) is 3.26. The number of rotatable bonds is 1. The first kappa shape index (κ1) is 14.3. The van der Waals surface area contributed by atoms with Gasteiger partial charge in [0.05, 0.1) is 22.9 Å². The first-order valence-corrected chi connectivity index (χ1v) is 6.98. The number of aromatic nitrogens is 1. The van der Waals surface area contributed by atoms with Gasteiger partial charge in [0.1, 0.15) is 0 Å². The van der Waals surface area contributed by atoms with Crippen molar-refractivity contribution in [1.29, 1.82) is 0 Å². The van der Waals surface area contributed by atoms with Crippen molar-refractivity contribution >= 4 is 11.6 Å². The number of piperidine rings is 1. The van der Waals surface area contributed by atoms with Crippen molar-refractivity contribution in [3.05, 3.63) is 24.0 Å². The Kier molecular flexibility index (Phi) is 3.39. The number of anilines is 1. The summed E-state index contributed by atoms with van der Waals surface area (Å²) in [6.45, 7) is 1.80. The molecule has 7 heteroatoms. The Labute approximate surface area is 120 Å². The highest BCUT2D eigenvalue weighted by atomic mass is 19.4. The first-order valence-electron chi connectivity index (χ1n) is 6.98. The molecule has 2 saturated heterocycles. The molecule has 0 aliphatic carbocycles. The number of carbonyl (C=O) groups is 1. The molecule has 114 valence electrons. The van der Waals surface area contributed by atoms with E-state index in [4.69, 9.17) is 0 Å². The van der Waals surface area contributed by atoms with Crippen LogP contribution in [-0.4, -0.2) is 30.5 Å². The maximum Gasteiger partial charge on any atom is 0.418 e. The van der Waals surface area contributed by atoms with Crippen LogP contribution in [0, 0.1) is 5.41 Å². The summed E-state index contributed by atoms with van der Waals surface area (Å²) in [4.78, 5) is 17.7. The zero-order chi connectivity index (χ0) is 15.1. The Bertz CT molecular complexity index is 553. The maximum absolute atomic E-state index is 13.1. The van der Waals surface area contributed by atoms with Gasteiger partial charge in [0.15, 0.2) is 0 Å². The minimum Gasteiger partial charge on any atom is -0.317 e. The number of pyridine rings is 1. The van der Waals surface area contributed by atoms with E-state index in [1.165, 1.54) is 4.90 Å². The standard InChI is InChI=1S/C14H16F3N3O/c15-14(16,17)10-1-5-19-9-11(10)20-8-4-13(12(20)21)2-6-18-7-3-13/h1,5,9,18H,2-4,6-8H2. The molecule has 1 amide bonds. The van der Waals surface area contributed by atoms with Gasteiger partial charge in [-0.25, -0.2) is 0 Å². The summed E-state index contributed by atoms with van der Waals surface area (Å²) in [5, 5.41) is 3.18. The van der Waals surface area contributed by atoms with Gasteiger partial charge in [-0.1, -0.05) is 0 Å². The lowest BCUT2D eigenvalue weighted by molar-refractivity contribution is -0.137. The summed E-state index contributed by atoms with van der Waals surface area (Å²) >= 11 is 0. The number of nitrogens with one attached hydrogen (secondary N) is 1. The summed E-state index contributed by atoms with van der Waals surface area (Å²) in [5.74, 6) is -0.192. The number of alkyl halides is 3. The van der Waals surface area contributed by atoms with Crippen LogP contribution < -0.4 is 10.2 Å². The molecule has 0 saturated carbocycles. The molecule has 0 aromatic carbocycles. The zero-order valence-corrected chi connectivity index (χ0v) is 11.4. The molecule has 4 nitrogen and oxygen atoms in total. The highest BCUT2D eigenvalue weighted by Crippen LogP contribution is 2.44. The lowest BCUT2D eigenvalue weighted by Gasteiger charge is -2.32. The van der Waals surface area contributed by atoms with E-state index in [9.17, 15) is 18.0 Å². The van der Waals surface area contributed by atoms with Gasteiger partial charge in [-0.15, -0.1) is 0 Å². The molecule has 0 unspecified atom stereocenters.